The van der Waals surface area contributed by atoms with Gasteiger partial charge in [-0.05, 0) is 5.92 Å². The monoisotopic (exact) mass is 394 g/mol. The first kappa shape index (κ1) is 28.0. The predicted molar refractivity (Wildman–Crippen MR) is 131 cm³/mol. The summed E-state index contributed by atoms with van der Waals surface area (Å²) in [5.74, 6) is 1.02. The largest absolute Gasteiger partial charge is 0.0654 e. The average molecular weight is 395 g/mol. The third-order valence-electron chi connectivity index (χ3n) is 6.76. The topological polar surface area (TPSA) is 0 Å². The first-order chi connectivity index (χ1) is 13.8. The van der Waals surface area contributed by atoms with Crippen LogP contribution in [0, 0.1) is 5.92 Å². The number of rotatable bonds is 24. The number of unbranched alkanes of at least 4 members (excludes halogenated alkanes) is 19. The molecule has 1 atom stereocenters. The van der Waals surface area contributed by atoms with Crippen LogP contribution in [-0.4, -0.2) is 0 Å². The second-order valence-electron chi connectivity index (χ2n) is 9.57. The third-order valence-corrected chi connectivity index (χ3v) is 6.76. The molecule has 0 heterocycles. The van der Waals surface area contributed by atoms with E-state index in [1.165, 1.54) is 154 Å². The van der Waals surface area contributed by atoms with E-state index in [2.05, 4.69) is 20.8 Å². The molecule has 0 heteroatoms. The van der Waals surface area contributed by atoms with Gasteiger partial charge in [-0.3, -0.25) is 0 Å². The Morgan fingerprint density at radius 2 is 0.571 bits per heavy atom. The fraction of sp³-hybridized carbons (Fsp3) is 1.00. The lowest BCUT2D eigenvalue weighted by molar-refractivity contribution is 0.393. The lowest BCUT2D eigenvalue weighted by atomic mass is 9.92. The standard InChI is InChI=1S/C28H58/c1-4-7-9-11-12-13-14-15-16-17-18-19-20-21-22-23-25-27-28(6-3)26-24-10-8-5-2/h28H,4-27H2,1-3H3. The maximum absolute atomic E-state index is 2.40. The Morgan fingerprint density at radius 3 is 0.857 bits per heavy atom. The van der Waals surface area contributed by atoms with Gasteiger partial charge >= 0.3 is 0 Å². The molecule has 0 aliphatic carbocycles. The minimum Gasteiger partial charge on any atom is -0.0654 e. The molecule has 1 unspecified atom stereocenters. The molecule has 0 aromatic heterocycles. The summed E-state index contributed by atoms with van der Waals surface area (Å²) in [6.07, 6.45) is 35.3. The second kappa shape index (κ2) is 25.0. The molecule has 0 aliphatic rings. The molecular weight excluding hydrogens is 336 g/mol. The van der Waals surface area contributed by atoms with Crippen molar-refractivity contribution in [2.24, 2.45) is 5.92 Å². The van der Waals surface area contributed by atoms with Crippen molar-refractivity contribution in [3.05, 3.63) is 0 Å². The van der Waals surface area contributed by atoms with Crippen LogP contribution in [-0.2, 0) is 0 Å². The molecule has 0 aromatic carbocycles. The van der Waals surface area contributed by atoms with Crippen molar-refractivity contribution in [1.29, 1.82) is 0 Å². The van der Waals surface area contributed by atoms with E-state index in [0.717, 1.165) is 5.92 Å². The zero-order valence-electron chi connectivity index (χ0n) is 20.5. The van der Waals surface area contributed by atoms with Gasteiger partial charge in [0.05, 0.1) is 0 Å². The van der Waals surface area contributed by atoms with Gasteiger partial charge in [0.1, 0.15) is 0 Å². The van der Waals surface area contributed by atoms with Crippen molar-refractivity contribution in [2.45, 2.75) is 175 Å². The highest BCUT2D eigenvalue weighted by molar-refractivity contribution is 4.59. The normalized spacial score (nSPS) is 12.5. The molecule has 0 rings (SSSR count). The van der Waals surface area contributed by atoms with Crippen molar-refractivity contribution in [2.75, 3.05) is 0 Å². The van der Waals surface area contributed by atoms with E-state index in [0.29, 0.717) is 0 Å². The van der Waals surface area contributed by atoms with Gasteiger partial charge in [0.15, 0.2) is 0 Å². The van der Waals surface area contributed by atoms with Crippen molar-refractivity contribution < 1.29 is 0 Å². The minimum absolute atomic E-state index is 1.02. The van der Waals surface area contributed by atoms with Crippen LogP contribution in [0.25, 0.3) is 0 Å². The number of hydrogen-bond acceptors (Lipinski definition) is 0. The lowest BCUT2D eigenvalue weighted by Crippen LogP contribution is -1.99. The maximum Gasteiger partial charge on any atom is -0.0417 e. The lowest BCUT2D eigenvalue weighted by Gasteiger charge is -2.14. The van der Waals surface area contributed by atoms with Crippen LogP contribution >= 0.6 is 0 Å². The molecule has 0 radical (unpaired) electrons. The van der Waals surface area contributed by atoms with Gasteiger partial charge in [0.2, 0.25) is 0 Å². The maximum atomic E-state index is 2.40. The zero-order valence-corrected chi connectivity index (χ0v) is 20.5. The van der Waals surface area contributed by atoms with Gasteiger partial charge < -0.3 is 0 Å². The minimum atomic E-state index is 1.02. The van der Waals surface area contributed by atoms with E-state index < -0.39 is 0 Å². The van der Waals surface area contributed by atoms with E-state index in [1.54, 1.807) is 0 Å². The first-order valence-electron chi connectivity index (χ1n) is 13.8. The van der Waals surface area contributed by atoms with Crippen molar-refractivity contribution in [3.63, 3.8) is 0 Å². The highest BCUT2D eigenvalue weighted by Crippen LogP contribution is 2.21. The van der Waals surface area contributed by atoms with Crippen LogP contribution in [0.1, 0.15) is 175 Å². The van der Waals surface area contributed by atoms with Crippen LogP contribution in [0.2, 0.25) is 0 Å². The summed E-state index contributed by atoms with van der Waals surface area (Å²) >= 11 is 0. The Kier molecular flexibility index (Phi) is 25.0. The molecule has 0 spiro atoms. The van der Waals surface area contributed by atoms with Gasteiger partial charge in [0, 0.05) is 0 Å². The fourth-order valence-corrected chi connectivity index (χ4v) is 4.57. The van der Waals surface area contributed by atoms with Gasteiger partial charge in [-0.1, -0.05) is 175 Å². The third kappa shape index (κ3) is 22.3. The van der Waals surface area contributed by atoms with E-state index in [9.17, 15) is 0 Å². The Hall–Kier alpha value is 0. The highest BCUT2D eigenvalue weighted by Gasteiger charge is 2.05. The summed E-state index contributed by atoms with van der Waals surface area (Å²) in [6.45, 7) is 7.02. The van der Waals surface area contributed by atoms with Crippen molar-refractivity contribution in [3.8, 4) is 0 Å². The summed E-state index contributed by atoms with van der Waals surface area (Å²) < 4.78 is 0. The summed E-state index contributed by atoms with van der Waals surface area (Å²) in [6, 6.07) is 0. The van der Waals surface area contributed by atoms with Gasteiger partial charge in [0.25, 0.3) is 0 Å². The molecule has 0 bridgehead atoms. The molecule has 0 nitrogen and oxygen atoms in total. The van der Waals surface area contributed by atoms with E-state index in [1.807, 2.05) is 0 Å². The molecule has 170 valence electrons. The SMILES string of the molecule is CCCCCCCCCCCCCCCCCCCC(CC)CCCCCC. The molecular formula is C28H58. The fourth-order valence-electron chi connectivity index (χ4n) is 4.57. The first-order valence-corrected chi connectivity index (χ1v) is 13.8. The summed E-state index contributed by atoms with van der Waals surface area (Å²) in [7, 11) is 0. The molecule has 0 amide bonds. The molecule has 0 fully saturated rings. The van der Waals surface area contributed by atoms with Crippen LogP contribution < -0.4 is 0 Å². The van der Waals surface area contributed by atoms with Gasteiger partial charge in [-0.2, -0.15) is 0 Å². The second-order valence-corrected chi connectivity index (χ2v) is 9.57. The predicted octanol–water partition coefficient (Wildman–Crippen LogP) is 11.0. The number of hydrogen-bond donors (Lipinski definition) is 0. The average Bonchev–Trinajstić information content (AvgIpc) is 2.71. The summed E-state index contributed by atoms with van der Waals surface area (Å²) in [4.78, 5) is 0. The summed E-state index contributed by atoms with van der Waals surface area (Å²) in [5, 5.41) is 0. The smallest absolute Gasteiger partial charge is 0.0417 e. The van der Waals surface area contributed by atoms with Gasteiger partial charge in [-0.15, -0.1) is 0 Å². The molecule has 28 heavy (non-hydrogen) atoms. The molecule has 0 aliphatic heterocycles. The van der Waals surface area contributed by atoms with E-state index in [4.69, 9.17) is 0 Å². The molecule has 0 aromatic rings. The van der Waals surface area contributed by atoms with Gasteiger partial charge in [-0.25, -0.2) is 0 Å². The molecule has 0 saturated carbocycles. The molecule has 0 saturated heterocycles. The Balaban J connectivity index is 3.16. The highest BCUT2D eigenvalue weighted by atomic mass is 14.1. The van der Waals surface area contributed by atoms with E-state index in [-0.39, 0.29) is 0 Å². The van der Waals surface area contributed by atoms with E-state index >= 15 is 0 Å². The molecule has 0 N–H and O–H groups in total. The van der Waals surface area contributed by atoms with Crippen LogP contribution in [0.3, 0.4) is 0 Å². The summed E-state index contributed by atoms with van der Waals surface area (Å²) in [5.41, 5.74) is 0. The van der Waals surface area contributed by atoms with Crippen LogP contribution in [0.15, 0.2) is 0 Å². The van der Waals surface area contributed by atoms with Crippen LogP contribution in [0.5, 0.6) is 0 Å². The van der Waals surface area contributed by atoms with Crippen molar-refractivity contribution in [1.82, 2.24) is 0 Å². The Morgan fingerprint density at radius 1 is 0.321 bits per heavy atom. The van der Waals surface area contributed by atoms with Crippen LogP contribution in [0.4, 0.5) is 0 Å². The quantitative estimate of drug-likeness (QED) is 0.143. The van der Waals surface area contributed by atoms with Crippen molar-refractivity contribution >= 4 is 0 Å². The Bertz CT molecular complexity index is 257. The Labute approximate surface area is 181 Å². The zero-order chi connectivity index (χ0) is 20.5.